The second-order valence-corrected chi connectivity index (χ2v) is 7.79. The van der Waals surface area contributed by atoms with Gasteiger partial charge in [-0.1, -0.05) is 6.07 Å². The van der Waals surface area contributed by atoms with Gasteiger partial charge in [-0.25, -0.2) is 4.98 Å². The minimum atomic E-state index is -0.203. The second kappa shape index (κ2) is 9.17. The van der Waals surface area contributed by atoms with Crippen LogP contribution in [-0.2, 0) is 0 Å². The summed E-state index contributed by atoms with van der Waals surface area (Å²) >= 11 is 0. The van der Waals surface area contributed by atoms with Crippen molar-refractivity contribution in [2.45, 2.75) is 12.8 Å². The van der Waals surface area contributed by atoms with Crippen molar-refractivity contribution in [1.82, 2.24) is 25.4 Å². The molecule has 1 N–H and O–H groups in total. The molecule has 0 radical (unpaired) electrons. The summed E-state index contributed by atoms with van der Waals surface area (Å²) in [6.07, 6.45) is 4.28. The molecule has 4 rings (SSSR count). The summed E-state index contributed by atoms with van der Waals surface area (Å²) in [4.78, 5) is 23.4. The zero-order chi connectivity index (χ0) is 20.1. The van der Waals surface area contributed by atoms with Crippen LogP contribution < -0.4 is 15.1 Å². The fourth-order valence-electron chi connectivity index (χ4n) is 4.23. The third kappa shape index (κ3) is 4.82. The van der Waals surface area contributed by atoms with E-state index in [9.17, 15) is 4.79 Å². The Morgan fingerprint density at radius 3 is 2.59 bits per heavy atom. The molecule has 8 nitrogen and oxygen atoms in total. The highest BCUT2D eigenvalue weighted by molar-refractivity contribution is 5.91. The van der Waals surface area contributed by atoms with E-state index in [0.717, 1.165) is 63.9 Å². The van der Waals surface area contributed by atoms with Crippen LogP contribution in [0.3, 0.4) is 0 Å². The maximum absolute atomic E-state index is 11.6. The maximum Gasteiger partial charge on any atom is 0.271 e. The Morgan fingerprint density at radius 2 is 1.90 bits per heavy atom. The standard InChI is InChI=1S/C21H29N7O/c1-22-21(29)18-7-8-20(25-24-18)28-10-4-5-17(16-28)15-26-11-13-27(14-12-26)19-6-2-3-9-23-19/h2-3,6-9,17H,4-5,10-16H2,1H3,(H,22,29). The minimum Gasteiger partial charge on any atom is -0.355 e. The van der Waals surface area contributed by atoms with Crippen molar-refractivity contribution in [1.29, 1.82) is 0 Å². The van der Waals surface area contributed by atoms with Gasteiger partial charge in [-0.05, 0) is 43.0 Å². The number of amides is 1. The number of anilines is 2. The minimum absolute atomic E-state index is 0.203. The van der Waals surface area contributed by atoms with Gasteiger partial charge in [-0.15, -0.1) is 10.2 Å². The monoisotopic (exact) mass is 395 g/mol. The van der Waals surface area contributed by atoms with Crippen LogP contribution in [0.25, 0.3) is 0 Å². The van der Waals surface area contributed by atoms with E-state index in [1.54, 1.807) is 13.1 Å². The van der Waals surface area contributed by atoms with Crippen LogP contribution in [0.1, 0.15) is 23.3 Å². The number of nitrogens with one attached hydrogen (secondary N) is 1. The first kappa shape index (κ1) is 19.6. The van der Waals surface area contributed by atoms with Crippen LogP contribution in [0.5, 0.6) is 0 Å². The molecule has 0 spiro atoms. The van der Waals surface area contributed by atoms with Crippen molar-refractivity contribution in [3.63, 3.8) is 0 Å². The van der Waals surface area contributed by atoms with Crippen molar-refractivity contribution in [3.05, 3.63) is 42.2 Å². The number of pyridine rings is 1. The lowest BCUT2D eigenvalue weighted by atomic mass is 9.97. The molecule has 1 amide bonds. The molecule has 2 aromatic rings. The highest BCUT2D eigenvalue weighted by atomic mass is 16.1. The number of rotatable bonds is 5. The summed E-state index contributed by atoms with van der Waals surface area (Å²) < 4.78 is 0. The van der Waals surface area contributed by atoms with E-state index in [-0.39, 0.29) is 5.91 Å². The first-order valence-electron chi connectivity index (χ1n) is 10.4. The molecule has 2 aliphatic heterocycles. The lowest BCUT2D eigenvalue weighted by molar-refractivity contribution is 0.0957. The Hall–Kier alpha value is -2.74. The van der Waals surface area contributed by atoms with Gasteiger partial charge in [0.05, 0.1) is 0 Å². The predicted octanol–water partition coefficient (Wildman–Crippen LogP) is 1.27. The van der Waals surface area contributed by atoms with Gasteiger partial charge < -0.3 is 15.1 Å². The van der Waals surface area contributed by atoms with Gasteiger partial charge in [-0.3, -0.25) is 9.69 Å². The molecule has 0 bridgehead atoms. The largest absolute Gasteiger partial charge is 0.355 e. The van der Waals surface area contributed by atoms with Crippen LogP contribution in [-0.4, -0.2) is 78.8 Å². The number of nitrogens with zero attached hydrogens (tertiary/aromatic N) is 6. The van der Waals surface area contributed by atoms with Gasteiger partial charge in [0.25, 0.3) is 5.91 Å². The van der Waals surface area contributed by atoms with Gasteiger partial charge in [0.15, 0.2) is 11.5 Å². The normalized spacial score (nSPS) is 20.5. The molecule has 8 heteroatoms. The van der Waals surface area contributed by atoms with Gasteiger partial charge in [0.2, 0.25) is 0 Å². The fraction of sp³-hybridized carbons (Fsp3) is 0.524. The van der Waals surface area contributed by atoms with Gasteiger partial charge in [-0.2, -0.15) is 0 Å². The van der Waals surface area contributed by atoms with E-state index >= 15 is 0 Å². The molecule has 2 aromatic heterocycles. The molecular weight excluding hydrogens is 366 g/mol. The summed E-state index contributed by atoms with van der Waals surface area (Å²) in [6, 6.07) is 9.76. The van der Waals surface area contributed by atoms with E-state index in [1.807, 2.05) is 18.3 Å². The molecule has 1 unspecified atom stereocenters. The summed E-state index contributed by atoms with van der Waals surface area (Å²) in [5.74, 6) is 2.37. The molecule has 4 heterocycles. The number of carbonyl (C=O) groups excluding carboxylic acids is 1. The summed E-state index contributed by atoms with van der Waals surface area (Å²) in [5, 5.41) is 10.9. The fourth-order valence-corrected chi connectivity index (χ4v) is 4.23. The van der Waals surface area contributed by atoms with Gasteiger partial charge in [0.1, 0.15) is 5.82 Å². The number of hydrogen-bond acceptors (Lipinski definition) is 7. The van der Waals surface area contributed by atoms with E-state index in [1.165, 1.54) is 6.42 Å². The molecular formula is C21H29N7O. The van der Waals surface area contributed by atoms with Crippen molar-refractivity contribution in [2.24, 2.45) is 5.92 Å². The highest BCUT2D eigenvalue weighted by Gasteiger charge is 2.25. The van der Waals surface area contributed by atoms with Crippen LogP contribution in [0.2, 0.25) is 0 Å². The van der Waals surface area contributed by atoms with Crippen molar-refractivity contribution in [3.8, 4) is 0 Å². The van der Waals surface area contributed by atoms with Crippen molar-refractivity contribution >= 4 is 17.5 Å². The molecule has 29 heavy (non-hydrogen) atoms. The summed E-state index contributed by atoms with van der Waals surface area (Å²) in [6.45, 7) is 7.32. The van der Waals surface area contributed by atoms with E-state index < -0.39 is 0 Å². The number of carbonyl (C=O) groups is 1. The van der Waals surface area contributed by atoms with E-state index in [2.05, 4.69) is 47.3 Å². The molecule has 1 atom stereocenters. The lowest BCUT2D eigenvalue weighted by Crippen LogP contribution is -2.50. The molecule has 2 saturated heterocycles. The number of piperidine rings is 1. The highest BCUT2D eigenvalue weighted by Crippen LogP contribution is 2.23. The van der Waals surface area contributed by atoms with E-state index in [0.29, 0.717) is 11.6 Å². The Kier molecular flexibility index (Phi) is 6.19. The first-order chi connectivity index (χ1) is 14.2. The van der Waals surface area contributed by atoms with E-state index in [4.69, 9.17) is 0 Å². The quantitative estimate of drug-likeness (QED) is 0.817. The Morgan fingerprint density at radius 1 is 1.03 bits per heavy atom. The molecule has 0 aliphatic carbocycles. The number of hydrogen-bond donors (Lipinski definition) is 1. The van der Waals surface area contributed by atoms with Crippen LogP contribution in [0, 0.1) is 5.92 Å². The van der Waals surface area contributed by atoms with Crippen molar-refractivity contribution in [2.75, 3.05) is 62.7 Å². The Labute approximate surface area is 171 Å². The molecule has 2 fully saturated rings. The molecule has 0 aromatic carbocycles. The molecule has 2 aliphatic rings. The third-order valence-corrected chi connectivity index (χ3v) is 5.82. The average Bonchev–Trinajstić information content (AvgIpc) is 2.80. The predicted molar refractivity (Wildman–Crippen MR) is 113 cm³/mol. The SMILES string of the molecule is CNC(=O)c1ccc(N2CCCC(CN3CCN(c4ccccn4)CC3)C2)nn1. The van der Waals surface area contributed by atoms with Crippen LogP contribution in [0.4, 0.5) is 11.6 Å². The first-order valence-corrected chi connectivity index (χ1v) is 10.4. The number of piperazine rings is 1. The van der Waals surface area contributed by atoms with Crippen LogP contribution >= 0.6 is 0 Å². The maximum atomic E-state index is 11.6. The summed E-state index contributed by atoms with van der Waals surface area (Å²) in [7, 11) is 1.60. The Bertz CT molecular complexity index is 790. The second-order valence-electron chi connectivity index (χ2n) is 7.79. The Balaban J connectivity index is 1.29. The third-order valence-electron chi connectivity index (χ3n) is 5.82. The zero-order valence-corrected chi connectivity index (χ0v) is 17.0. The molecule has 0 saturated carbocycles. The topological polar surface area (TPSA) is 77.5 Å². The van der Waals surface area contributed by atoms with Crippen molar-refractivity contribution < 1.29 is 4.79 Å². The van der Waals surface area contributed by atoms with Gasteiger partial charge in [0, 0.05) is 59.1 Å². The van der Waals surface area contributed by atoms with Crippen LogP contribution in [0.15, 0.2) is 36.5 Å². The molecule has 154 valence electrons. The zero-order valence-electron chi connectivity index (χ0n) is 17.0. The lowest BCUT2D eigenvalue weighted by Gasteiger charge is -2.39. The van der Waals surface area contributed by atoms with Gasteiger partial charge >= 0.3 is 0 Å². The smallest absolute Gasteiger partial charge is 0.271 e. The summed E-state index contributed by atoms with van der Waals surface area (Å²) in [5.41, 5.74) is 0.357. The average molecular weight is 396 g/mol. The number of aromatic nitrogens is 3.